The molecule has 4 aliphatic rings. The standard InChI is InChI=1S/C26H28N8O11S2/c1-10-14(45-26(41)44-10)8-43-25(40)32-4-3-13(7-32)33-5-2-11(20(33)36)6-12-9-46-22-16(21(37)34(22)17(12)23(38)39)28-19(35)15(30-42)18-29-24(27)47-31-18/h6,12-13,16-17,22,42H,2-5,7-9H2,1H3,(H,28,35)(H,38,39)(H2,27,29,31)/b11-6+,30-15+/t12?,13-,16?,17?,22-/m1/s1. The number of rotatable bonds is 8. The SMILES string of the molecule is Cc1oc(=O)oc1COC(=O)N1CC[C@@H](N2CC/C(=C\C3CS[C@@H]4C(NC(=O)/C(=N/O)c5nsc(N)n5)C(=O)N4C3C(=O)O)C2=O)C1. The highest BCUT2D eigenvalue weighted by Gasteiger charge is 2.58. The lowest BCUT2D eigenvalue weighted by atomic mass is 9.91. The van der Waals surface area contributed by atoms with Gasteiger partial charge in [-0.15, -0.1) is 11.8 Å². The number of carboxylic acids is 1. The van der Waals surface area contributed by atoms with Crippen LogP contribution in [0.25, 0.3) is 0 Å². The van der Waals surface area contributed by atoms with Gasteiger partial charge in [0.25, 0.3) is 5.91 Å². The number of nitrogen functional groups attached to an aromatic ring is 1. The van der Waals surface area contributed by atoms with Crippen LogP contribution >= 0.6 is 23.3 Å². The molecule has 19 nitrogen and oxygen atoms in total. The number of aliphatic carboxylic acids is 1. The third-order valence-corrected chi connectivity index (χ3v) is 10.3. The predicted octanol–water partition coefficient (Wildman–Crippen LogP) is -0.808. The fourth-order valence-corrected chi connectivity index (χ4v) is 7.96. The number of nitrogens with zero attached hydrogens (tertiary/aromatic N) is 6. The summed E-state index contributed by atoms with van der Waals surface area (Å²) in [6.07, 6.45) is 1.85. The minimum absolute atomic E-state index is 0.0385. The first-order chi connectivity index (χ1) is 22.5. The van der Waals surface area contributed by atoms with Crippen LogP contribution in [-0.2, 0) is 30.5 Å². The van der Waals surface area contributed by atoms with Gasteiger partial charge in [-0.3, -0.25) is 14.4 Å². The zero-order chi connectivity index (χ0) is 33.6. The van der Waals surface area contributed by atoms with Crippen molar-refractivity contribution in [3.63, 3.8) is 0 Å². The largest absolute Gasteiger partial charge is 0.519 e. The number of carboxylic acid groups (broad SMARTS) is 1. The average Bonchev–Trinajstić information content (AvgIpc) is 3.83. The Kier molecular flexibility index (Phi) is 8.66. The van der Waals surface area contributed by atoms with Crippen molar-refractivity contribution < 1.29 is 47.9 Å². The van der Waals surface area contributed by atoms with E-state index in [0.717, 1.165) is 11.5 Å². The van der Waals surface area contributed by atoms with E-state index >= 15 is 0 Å². The predicted molar refractivity (Wildman–Crippen MR) is 159 cm³/mol. The Bertz CT molecular complexity index is 1750. The highest BCUT2D eigenvalue weighted by atomic mass is 32.2. The molecule has 4 amide bonds. The van der Waals surface area contributed by atoms with Gasteiger partial charge in [-0.2, -0.15) is 9.36 Å². The number of likely N-dealkylation sites (tertiary alicyclic amines) is 2. The number of aryl methyl sites for hydroxylation is 1. The molecular weight excluding hydrogens is 664 g/mol. The van der Waals surface area contributed by atoms with Gasteiger partial charge < -0.3 is 49.6 Å². The molecular formula is C26H28N8O11S2. The summed E-state index contributed by atoms with van der Waals surface area (Å²) in [7, 11) is 0. The van der Waals surface area contributed by atoms with Crippen molar-refractivity contribution in [2.24, 2.45) is 11.1 Å². The second-order valence-corrected chi connectivity index (χ2v) is 13.0. The quantitative estimate of drug-likeness (QED) is 0.0867. The molecule has 0 saturated carbocycles. The first-order valence-electron chi connectivity index (χ1n) is 14.3. The first kappa shape index (κ1) is 32.0. The fraction of sp³-hybridized carbons (Fsp3) is 0.500. The van der Waals surface area contributed by atoms with Crippen LogP contribution in [0.15, 0.2) is 30.4 Å². The number of amides is 4. The Labute approximate surface area is 272 Å². The number of nitrogens with two attached hydrogens (primary N) is 1. The van der Waals surface area contributed by atoms with Crippen LogP contribution in [0.1, 0.15) is 30.2 Å². The summed E-state index contributed by atoms with van der Waals surface area (Å²) in [5, 5.41) is 24.1. The van der Waals surface area contributed by atoms with E-state index in [0.29, 0.717) is 31.5 Å². The third-order valence-electron chi connectivity index (χ3n) is 8.35. The number of hydrogen-bond acceptors (Lipinski definition) is 16. The highest BCUT2D eigenvalue weighted by molar-refractivity contribution is 8.00. The van der Waals surface area contributed by atoms with Crippen LogP contribution in [0, 0.1) is 12.8 Å². The summed E-state index contributed by atoms with van der Waals surface area (Å²) in [4.78, 5) is 83.5. The second-order valence-electron chi connectivity index (χ2n) is 11.1. The van der Waals surface area contributed by atoms with Crippen molar-refractivity contribution >= 4 is 63.9 Å². The zero-order valence-electron chi connectivity index (χ0n) is 24.6. The normalized spacial score (nSPS) is 26.8. The maximum absolute atomic E-state index is 13.4. The Hall–Kier alpha value is -4.92. The third kappa shape index (κ3) is 6.02. The summed E-state index contributed by atoms with van der Waals surface area (Å²) in [5.74, 6) is -4.34. The van der Waals surface area contributed by atoms with Crippen LogP contribution in [0.2, 0.25) is 0 Å². The van der Waals surface area contributed by atoms with E-state index in [1.807, 2.05) is 0 Å². The van der Waals surface area contributed by atoms with Gasteiger partial charge in [0, 0.05) is 48.4 Å². The summed E-state index contributed by atoms with van der Waals surface area (Å²) >= 11 is 2.04. The molecule has 2 aromatic heterocycles. The van der Waals surface area contributed by atoms with Gasteiger partial charge in [-0.05, 0) is 19.8 Å². The van der Waals surface area contributed by atoms with Crippen LogP contribution in [0.3, 0.4) is 0 Å². The van der Waals surface area contributed by atoms with Gasteiger partial charge in [0.15, 0.2) is 23.3 Å². The van der Waals surface area contributed by atoms with Gasteiger partial charge in [0.1, 0.15) is 17.5 Å². The Morgan fingerprint density at radius 1 is 1.23 bits per heavy atom. The number of nitrogens with one attached hydrogen (secondary N) is 1. The Balaban J connectivity index is 1.06. The lowest BCUT2D eigenvalue weighted by molar-refractivity contribution is -0.163. The molecule has 250 valence electrons. The van der Waals surface area contributed by atoms with E-state index < -0.39 is 58.8 Å². The van der Waals surface area contributed by atoms with E-state index in [-0.39, 0.29) is 53.3 Å². The van der Waals surface area contributed by atoms with Crippen molar-refractivity contribution in [3.8, 4) is 0 Å². The molecule has 3 unspecified atom stereocenters. The number of carbonyl (C=O) groups excluding carboxylic acids is 4. The Morgan fingerprint density at radius 2 is 2.02 bits per heavy atom. The molecule has 6 rings (SSSR count). The highest BCUT2D eigenvalue weighted by Crippen LogP contribution is 2.42. The van der Waals surface area contributed by atoms with E-state index in [1.54, 1.807) is 11.0 Å². The molecule has 47 heavy (non-hydrogen) atoms. The van der Waals surface area contributed by atoms with E-state index in [1.165, 1.54) is 28.5 Å². The molecule has 0 aromatic carbocycles. The van der Waals surface area contributed by atoms with Gasteiger partial charge in [-0.1, -0.05) is 11.2 Å². The number of fused-ring (bicyclic) bond motifs is 1. The first-order valence-corrected chi connectivity index (χ1v) is 16.1. The molecule has 2 aromatic rings. The van der Waals surface area contributed by atoms with Crippen molar-refractivity contribution in [3.05, 3.63) is 39.6 Å². The van der Waals surface area contributed by atoms with Crippen LogP contribution in [0.4, 0.5) is 9.93 Å². The van der Waals surface area contributed by atoms with Gasteiger partial charge in [0.2, 0.25) is 23.4 Å². The van der Waals surface area contributed by atoms with Crippen LogP contribution in [-0.4, -0.2) is 119 Å². The summed E-state index contributed by atoms with van der Waals surface area (Å²) in [6.45, 7) is 2.19. The molecule has 4 fully saturated rings. The number of oxime groups is 1. The molecule has 5 N–H and O–H groups in total. The number of aromatic nitrogens is 2. The molecule has 6 heterocycles. The minimum atomic E-state index is -1.28. The van der Waals surface area contributed by atoms with Crippen molar-refractivity contribution in [1.29, 1.82) is 0 Å². The molecule has 0 spiro atoms. The van der Waals surface area contributed by atoms with Crippen molar-refractivity contribution in [2.75, 3.05) is 31.1 Å². The minimum Gasteiger partial charge on any atom is -0.480 e. The smallest absolute Gasteiger partial charge is 0.480 e. The lowest BCUT2D eigenvalue weighted by Crippen LogP contribution is -2.76. The fourth-order valence-electron chi connectivity index (χ4n) is 6.05. The summed E-state index contributed by atoms with van der Waals surface area (Å²) in [6, 6.07) is -2.64. The molecule has 21 heteroatoms. The monoisotopic (exact) mass is 692 g/mol. The van der Waals surface area contributed by atoms with Gasteiger partial charge >= 0.3 is 17.9 Å². The zero-order valence-corrected chi connectivity index (χ0v) is 26.2. The molecule has 4 saturated heterocycles. The number of thioether (sulfide) groups is 1. The van der Waals surface area contributed by atoms with Gasteiger partial charge in [0.05, 0.1) is 6.04 Å². The van der Waals surface area contributed by atoms with Crippen LogP contribution in [0.5, 0.6) is 0 Å². The van der Waals surface area contributed by atoms with E-state index in [4.69, 9.17) is 19.3 Å². The maximum Gasteiger partial charge on any atom is 0.519 e. The maximum atomic E-state index is 13.4. The van der Waals surface area contributed by atoms with Crippen molar-refractivity contribution in [1.82, 2.24) is 29.4 Å². The lowest BCUT2D eigenvalue weighted by Gasteiger charge is -2.53. The van der Waals surface area contributed by atoms with Crippen LogP contribution < -0.4 is 16.9 Å². The number of hydrogen-bond donors (Lipinski definition) is 4. The van der Waals surface area contributed by atoms with Crippen molar-refractivity contribution in [2.45, 2.75) is 49.9 Å². The summed E-state index contributed by atoms with van der Waals surface area (Å²) in [5.41, 5.74) is 5.40. The summed E-state index contributed by atoms with van der Waals surface area (Å²) < 4.78 is 18.7. The number of β-lactam (4-membered cyclic amide) rings is 1. The van der Waals surface area contributed by atoms with Gasteiger partial charge in [-0.25, -0.2) is 14.4 Å². The number of anilines is 1. The molecule has 4 aliphatic heterocycles. The average molecular weight is 693 g/mol. The van der Waals surface area contributed by atoms with E-state index in [2.05, 4.69) is 19.8 Å². The second kappa shape index (κ2) is 12.7. The molecule has 0 radical (unpaired) electrons. The molecule has 0 bridgehead atoms. The topological polar surface area (TPSA) is 264 Å². The number of carbonyl (C=O) groups is 5. The molecule has 0 aliphatic carbocycles. The Morgan fingerprint density at radius 3 is 2.68 bits per heavy atom. The van der Waals surface area contributed by atoms with E-state index in [9.17, 15) is 39.1 Å². The number of ether oxygens (including phenoxy) is 1. The molecule has 5 atom stereocenters.